The number of rotatable bonds is 6. The molecule has 1 amide bonds. The second-order valence-electron chi connectivity index (χ2n) is 9.79. The number of hydrogen-bond acceptors (Lipinski definition) is 4. The van der Waals surface area contributed by atoms with E-state index >= 15 is 0 Å². The van der Waals surface area contributed by atoms with Gasteiger partial charge in [-0.05, 0) is 60.4 Å². The normalized spacial score (nSPS) is 19.2. The van der Waals surface area contributed by atoms with Crippen molar-refractivity contribution in [2.45, 2.75) is 68.8 Å². The molecular weight excluding hydrogens is 424 g/mol. The van der Waals surface area contributed by atoms with Crippen LogP contribution in [0.15, 0.2) is 47.4 Å². The van der Waals surface area contributed by atoms with Crippen LogP contribution < -0.4 is 9.46 Å². The number of nitrogens with one attached hydrogen (secondary N) is 1. The second kappa shape index (κ2) is 8.52. The zero-order valence-electron chi connectivity index (χ0n) is 19.2. The van der Waals surface area contributed by atoms with Gasteiger partial charge in [0.1, 0.15) is 10.6 Å². The lowest BCUT2D eigenvalue weighted by Gasteiger charge is -2.26. The molecule has 2 fully saturated rings. The minimum absolute atomic E-state index is 0.0109. The van der Waals surface area contributed by atoms with Gasteiger partial charge in [0.15, 0.2) is 0 Å². The van der Waals surface area contributed by atoms with Crippen molar-refractivity contribution in [3.63, 3.8) is 0 Å². The van der Waals surface area contributed by atoms with E-state index in [0.717, 1.165) is 31.2 Å². The summed E-state index contributed by atoms with van der Waals surface area (Å²) in [5, 5.41) is 0. The number of likely N-dealkylation sites (tertiary alicyclic amines) is 1. The molecule has 2 aromatic rings. The van der Waals surface area contributed by atoms with Gasteiger partial charge in [0.05, 0.1) is 13.2 Å². The molecule has 1 saturated carbocycles. The molecule has 1 aliphatic heterocycles. The summed E-state index contributed by atoms with van der Waals surface area (Å²) in [5.74, 6) is 0.0864. The Bertz CT molecular complexity index is 1100. The molecule has 32 heavy (non-hydrogen) atoms. The van der Waals surface area contributed by atoms with Crippen LogP contribution in [0.4, 0.5) is 0 Å². The third kappa shape index (κ3) is 4.69. The molecule has 0 spiro atoms. The maximum atomic E-state index is 13.4. The summed E-state index contributed by atoms with van der Waals surface area (Å²) in [6.45, 7) is 7.20. The van der Waals surface area contributed by atoms with Crippen molar-refractivity contribution in [2.24, 2.45) is 0 Å². The van der Waals surface area contributed by atoms with Crippen molar-refractivity contribution in [1.29, 1.82) is 0 Å². The zero-order chi connectivity index (χ0) is 23.1. The molecule has 1 unspecified atom stereocenters. The van der Waals surface area contributed by atoms with Crippen LogP contribution in [-0.2, 0) is 15.4 Å². The fourth-order valence-corrected chi connectivity index (χ4v) is 5.73. The van der Waals surface area contributed by atoms with Crippen molar-refractivity contribution in [3.05, 3.63) is 59.2 Å². The van der Waals surface area contributed by atoms with Crippen LogP contribution in [-0.4, -0.2) is 38.9 Å². The number of benzene rings is 2. The summed E-state index contributed by atoms with van der Waals surface area (Å²) in [6, 6.07) is 13.1. The maximum absolute atomic E-state index is 13.4. The summed E-state index contributed by atoms with van der Waals surface area (Å²) in [7, 11) is -2.31. The number of methoxy groups -OCH3 is 1. The zero-order valence-corrected chi connectivity index (χ0v) is 20.0. The molecule has 2 aliphatic rings. The number of nitrogens with zero attached hydrogens (tertiary/aromatic N) is 1. The average Bonchev–Trinajstić information content (AvgIpc) is 3.42. The highest BCUT2D eigenvalue weighted by Gasteiger charge is 2.33. The Morgan fingerprint density at radius 1 is 1.06 bits per heavy atom. The van der Waals surface area contributed by atoms with Crippen LogP contribution in [0.2, 0.25) is 0 Å². The van der Waals surface area contributed by atoms with Gasteiger partial charge < -0.3 is 9.64 Å². The number of ether oxygens (including phenoxy) is 1. The van der Waals surface area contributed by atoms with E-state index in [1.54, 1.807) is 12.1 Å². The number of amides is 1. The quantitative estimate of drug-likeness (QED) is 0.699. The van der Waals surface area contributed by atoms with Gasteiger partial charge in [-0.15, -0.1) is 0 Å². The van der Waals surface area contributed by atoms with Crippen molar-refractivity contribution in [1.82, 2.24) is 9.62 Å². The summed E-state index contributed by atoms with van der Waals surface area (Å²) in [6.07, 6.45) is 3.49. The lowest BCUT2D eigenvalue weighted by Crippen LogP contribution is -2.31. The maximum Gasteiger partial charge on any atom is 0.254 e. The van der Waals surface area contributed by atoms with Gasteiger partial charge in [0.2, 0.25) is 10.0 Å². The predicted octanol–water partition coefficient (Wildman–Crippen LogP) is 4.41. The van der Waals surface area contributed by atoms with E-state index in [9.17, 15) is 13.2 Å². The van der Waals surface area contributed by atoms with Gasteiger partial charge in [-0.1, -0.05) is 45.0 Å². The minimum Gasteiger partial charge on any atom is -0.495 e. The number of hydrogen-bond donors (Lipinski definition) is 1. The SMILES string of the molecule is COc1ccc(C(=O)N2CCCC2c2ccc(C(C)(C)C)cc2)cc1S(=O)(=O)NC1CC1. The van der Waals surface area contributed by atoms with Gasteiger partial charge in [0, 0.05) is 18.2 Å². The van der Waals surface area contributed by atoms with Gasteiger partial charge in [-0.25, -0.2) is 13.1 Å². The van der Waals surface area contributed by atoms with Gasteiger partial charge in [-0.2, -0.15) is 0 Å². The van der Waals surface area contributed by atoms with Crippen molar-refractivity contribution in [3.8, 4) is 5.75 Å². The Hall–Kier alpha value is -2.38. The molecule has 2 aromatic carbocycles. The molecule has 172 valence electrons. The van der Waals surface area contributed by atoms with Gasteiger partial charge in [0.25, 0.3) is 5.91 Å². The smallest absolute Gasteiger partial charge is 0.254 e. The van der Waals surface area contributed by atoms with Crippen LogP contribution >= 0.6 is 0 Å². The summed E-state index contributed by atoms with van der Waals surface area (Å²) < 4.78 is 33.6. The molecule has 1 heterocycles. The molecule has 7 heteroatoms. The molecule has 6 nitrogen and oxygen atoms in total. The molecule has 1 saturated heterocycles. The van der Waals surface area contributed by atoms with E-state index in [1.165, 1.54) is 18.7 Å². The Balaban J connectivity index is 1.61. The highest BCUT2D eigenvalue weighted by molar-refractivity contribution is 7.89. The summed E-state index contributed by atoms with van der Waals surface area (Å²) in [5.41, 5.74) is 2.80. The highest BCUT2D eigenvalue weighted by Crippen LogP contribution is 2.35. The molecule has 4 rings (SSSR count). The van der Waals surface area contributed by atoms with Crippen LogP contribution in [0.25, 0.3) is 0 Å². The van der Waals surface area contributed by atoms with Crippen LogP contribution in [0.1, 0.15) is 74.0 Å². The first kappa shape index (κ1) is 22.8. The Kier molecular flexibility index (Phi) is 6.07. The predicted molar refractivity (Wildman–Crippen MR) is 124 cm³/mol. The molecule has 1 atom stereocenters. The summed E-state index contributed by atoms with van der Waals surface area (Å²) in [4.78, 5) is 15.3. The first-order chi connectivity index (χ1) is 15.1. The number of sulfonamides is 1. The third-order valence-corrected chi connectivity index (χ3v) is 7.82. The number of carbonyl (C=O) groups is 1. The Morgan fingerprint density at radius 3 is 2.34 bits per heavy atom. The molecule has 1 aliphatic carbocycles. The molecule has 0 bridgehead atoms. The topological polar surface area (TPSA) is 75.7 Å². The van der Waals surface area contributed by atoms with Crippen molar-refractivity contribution in [2.75, 3.05) is 13.7 Å². The fourth-order valence-electron chi connectivity index (χ4n) is 4.23. The van der Waals surface area contributed by atoms with E-state index in [2.05, 4.69) is 49.8 Å². The monoisotopic (exact) mass is 456 g/mol. The molecular formula is C25H32N2O4S. The lowest BCUT2D eigenvalue weighted by molar-refractivity contribution is 0.0735. The third-order valence-electron chi connectivity index (χ3n) is 6.27. The highest BCUT2D eigenvalue weighted by atomic mass is 32.2. The molecule has 0 radical (unpaired) electrons. The van der Waals surface area contributed by atoms with Gasteiger partial charge >= 0.3 is 0 Å². The molecule has 1 N–H and O–H groups in total. The minimum atomic E-state index is -3.75. The fraction of sp³-hybridized carbons (Fsp3) is 0.480. The molecule has 0 aromatic heterocycles. The summed E-state index contributed by atoms with van der Waals surface area (Å²) >= 11 is 0. The second-order valence-corrected chi connectivity index (χ2v) is 11.5. The van der Waals surface area contributed by atoms with Crippen LogP contribution in [0.3, 0.4) is 0 Å². The van der Waals surface area contributed by atoms with Gasteiger partial charge in [-0.3, -0.25) is 4.79 Å². The lowest BCUT2D eigenvalue weighted by atomic mass is 9.86. The van der Waals surface area contributed by atoms with Crippen LogP contribution in [0.5, 0.6) is 5.75 Å². The van der Waals surface area contributed by atoms with E-state index < -0.39 is 10.0 Å². The number of carbonyl (C=O) groups excluding carboxylic acids is 1. The van der Waals surface area contributed by atoms with E-state index in [4.69, 9.17) is 4.74 Å². The van der Waals surface area contributed by atoms with Crippen LogP contribution in [0, 0.1) is 0 Å². The van der Waals surface area contributed by atoms with E-state index in [0.29, 0.717) is 12.1 Å². The van der Waals surface area contributed by atoms with Crippen molar-refractivity contribution < 1.29 is 17.9 Å². The van der Waals surface area contributed by atoms with Crippen molar-refractivity contribution >= 4 is 15.9 Å². The first-order valence-corrected chi connectivity index (χ1v) is 12.7. The Morgan fingerprint density at radius 2 is 1.75 bits per heavy atom. The standard InChI is InChI=1S/C25H32N2O4S/c1-25(2,3)19-10-7-17(8-11-19)21-6-5-15-27(21)24(28)18-9-14-22(31-4)23(16-18)32(29,30)26-20-12-13-20/h7-11,14,16,20-21,26H,5-6,12-13,15H2,1-4H3. The Labute approximate surface area is 191 Å². The van der Waals surface area contributed by atoms with E-state index in [-0.39, 0.29) is 34.1 Å². The van der Waals surface area contributed by atoms with E-state index in [1.807, 2.05) is 4.90 Å². The average molecular weight is 457 g/mol. The first-order valence-electron chi connectivity index (χ1n) is 11.2. The largest absolute Gasteiger partial charge is 0.495 e.